The molecule has 2 aliphatic rings. The standard InChI is InChI=1S/C29H43N9O15P2/c30-7-3-1-2-4-8-32-19(39)10-33-26-20-27(35-14-34-26)38(15-36-20)29-24(43)22(41)18(52-29)13-50-55(47,48)53-54(45,46)49-12-17-21(40)23(42)28(51-17)37-9-5-6-16(11-37)25(31)44/h5-6,9,11,14-15,17-18,21-24,28-29,40-43H,1-4,7-8,10,12-13,30H2,(H5-,31,32,33,34,35,39,44,45,46,47,48)/p+1/t17-,18-,21-,22-,23-,24-,28-,29-/m1/s1. The van der Waals surface area contributed by atoms with E-state index in [1.807, 2.05) is 0 Å². The molecule has 3 aromatic rings. The third kappa shape index (κ3) is 10.8. The smallest absolute Gasteiger partial charge is 0.387 e. The van der Waals surface area contributed by atoms with E-state index >= 15 is 0 Å². The van der Waals surface area contributed by atoms with E-state index in [0.29, 0.717) is 13.1 Å². The van der Waals surface area contributed by atoms with Gasteiger partial charge in [-0.1, -0.05) is 12.8 Å². The number of nitrogens with one attached hydrogen (secondary N) is 2. The molecule has 55 heavy (non-hydrogen) atoms. The zero-order valence-electron chi connectivity index (χ0n) is 29.1. The van der Waals surface area contributed by atoms with Gasteiger partial charge in [0.2, 0.25) is 5.91 Å². The van der Waals surface area contributed by atoms with Crippen LogP contribution in [0.15, 0.2) is 37.2 Å². The maximum atomic E-state index is 12.6. The number of ether oxygens (including phenoxy) is 2. The van der Waals surface area contributed by atoms with Gasteiger partial charge in [0.1, 0.15) is 42.4 Å². The highest BCUT2D eigenvalue weighted by Crippen LogP contribution is 2.60. The van der Waals surface area contributed by atoms with Crippen LogP contribution in [-0.2, 0) is 36.8 Å². The van der Waals surface area contributed by atoms with Gasteiger partial charge in [0, 0.05) is 12.6 Å². The highest BCUT2D eigenvalue weighted by Gasteiger charge is 2.50. The van der Waals surface area contributed by atoms with Crippen LogP contribution in [0.3, 0.4) is 0 Å². The Morgan fingerprint density at radius 2 is 1.60 bits per heavy atom. The molecule has 5 heterocycles. The quantitative estimate of drug-likeness (QED) is 0.0318. The Bertz CT molecular complexity index is 1890. The van der Waals surface area contributed by atoms with E-state index in [1.54, 1.807) is 0 Å². The summed E-state index contributed by atoms with van der Waals surface area (Å²) >= 11 is 0. The minimum Gasteiger partial charge on any atom is -0.387 e. The number of primary amides is 1. The average Bonchev–Trinajstić information content (AvgIpc) is 3.79. The summed E-state index contributed by atoms with van der Waals surface area (Å²) in [6, 6.07) is 2.83. The predicted molar refractivity (Wildman–Crippen MR) is 184 cm³/mol. The number of anilines is 1. The van der Waals surface area contributed by atoms with Crippen molar-refractivity contribution in [2.75, 3.05) is 38.2 Å². The first-order valence-electron chi connectivity index (χ1n) is 17.0. The molecule has 304 valence electrons. The lowest BCUT2D eigenvalue weighted by molar-refractivity contribution is -0.765. The fraction of sp³-hybridized carbons (Fsp3) is 0.586. The van der Waals surface area contributed by atoms with Crippen LogP contribution in [0.2, 0.25) is 0 Å². The molecule has 2 amide bonds. The first-order chi connectivity index (χ1) is 26.1. The SMILES string of the molecule is NCCCCCCNC(=O)CNc1ncnc2c1ncn2[C@@H]1O[C@H](COP(=O)(O)OP(=O)(O)OC[C@H]2O[C@@H]([n+]3cccc(C(N)=O)c3)[C@H](O)[C@@H]2O)[C@@H](O)[C@H]1O. The van der Waals surface area contributed by atoms with Gasteiger partial charge in [-0.3, -0.25) is 23.2 Å². The highest BCUT2D eigenvalue weighted by molar-refractivity contribution is 7.61. The molecule has 10 atom stereocenters. The summed E-state index contributed by atoms with van der Waals surface area (Å²) < 4.78 is 52.7. The molecule has 2 aliphatic heterocycles. The Kier molecular flexibility index (Phi) is 14.4. The number of carbonyl (C=O) groups excluding carboxylic acids is 2. The van der Waals surface area contributed by atoms with Crippen LogP contribution < -0.4 is 26.7 Å². The van der Waals surface area contributed by atoms with Crippen molar-refractivity contribution in [2.24, 2.45) is 11.5 Å². The minimum atomic E-state index is -5.43. The van der Waals surface area contributed by atoms with Crippen LogP contribution in [0.4, 0.5) is 5.82 Å². The van der Waals surface area contributed by atoms with Gasteiger partial charge in [-0.15, -0.1) is 0 Å². The van der Waals surface area contributed by atoms with Crippen molar-refractivity contribution in [3.05, 3.63) is 42.7 Å². The maximum Gasteiger partial charge on any atom is 0.481 e. The summed E-state index contributed by atoms with van der Waals surface area (Å²) in [7, 11) is -10.8. The number of aliphatic hydroxyl groups is 4. The molecule has 2 saturated heterocycles. The van der Waals surface area contributed by atoms with Gasteiger partial charge in [-0.2, -0.15) is 8.88 Å². The van der Waals surface area contributed by atoms with Crippen molar-refractivity contribution in [2.45, 2.75) is 74.8 Å². The van der Waals surface area contributed by atoms with E-state index in [1.165, 1.54) is 46.3 Å². The molecule has 0 spiro atoms. The van der Waals surface area contributed by atoms with Crippen LogP contribution in [0, 0.1) is 0 Å². The number of aliphatic hydroxyl groups excluding tert-OH is 4. The van der Waals surface area contributed by atoms with Gasteiger partial charge >= 0.3 is 15.6 Å². The monoisotopic (exact) mass is 820 g/mol. The number of aromatic nitrogens is 5. The number of amides is 2. The number of imidazole rings is 1. The van der Waals surface area contributed by atoms with Crippen LogP contribution in [0.5, 0.6) is 0 Å². The zero-order valence-corrected chi connectivity index (χ0v) is 30.9. The van der Waals surface area contributed by atoms with Crippen LogP contribution in [-0.4, -0.2) is 131 Å². The van der Waals surface area contributed by atoms with Crippen molar-refractivity contribution >= 4 is 44.4 Å². The van der Waals surface area contributed by atoms with E-state index in [4.69, 9.17) is 30.0 Å². The number of fused-ring (bicyclic) bond motifs is 1. The largest absolute Gasteiger partial charge is 0.481 e. The molecule has 0 bridgehead atoms. The minimum absolute atomic E-state index is 0.0614. The molecular weight excluding hydrogens is 776 g/mol. The second-order valence-corrected chi connectivity index (χ2v) is 15.6. The van der Waals surface area contributed by atoms with Gasteiger partial charge in [0.15, 0.2) is 41.7 Å². The van der Waals surface area contributed by atoms with E-state index in [2.05, 4.69) is 29.9 Å². The average molecular weight is 821 g/mol. The van der Waals surface area contributed by atoms with E-state index < -0.39 is 83.8 Å². The number of carbonyl (C=O) groups is 2. The lowest BCUT2D eigenvalue weighted by Crippen LogP contribution is -2.46. The molecule has 0 radical (unpaired) electrons. The normalized spacial score (nSPS) is 27.5. The Balaban J connectivity index is 1.12. The third-order valence-electron chi connectivity index (χ3n) is 8.59. The summed E-state index contributed by atoms with van der Waals surface area (Å²) in [5, 5.41) is 48.0. The molecule has 2 fully saturated rings. The number of hydrogen-bond acceptors (Lipinski definition) is 18. The first kappa shape index (κ1) is 42.6. The van der Waals surface area contributed by atoms with Crippen molar-refractivity contribution in [3.8, 4) is 0 Å². The van der Waals surface area contributed by atoms with Gasteiger partial charge in [-0.25, -0.2) is 24.1 Å². The second-order valence-electron chi connectivity index (χ2n) is 12.6. The topological polar surface area (TPSA) is 359 Å². The molecule has 5 rings (SSSR count). The van der Waals surface area contributed by atoms with Gasteiger partial charge in [0.05, 0.1) is 26.1 Å². The molecule has 12 N–H and O–H groups in total. The first-order valence-corrected chi connectivity index (χ1v) is 20.0. The van der Waals surface area contributed by atoms with E-state index in [0.717, 1.165) is 25.7 Å². The molecule has 26 heteroatoms. The van der Waals surface area contributed by atoms with Crippen molar-refractivity contribution in [1.82, 2.24) is 24.8 Å². The summed E-state index contributed by atoms with van der Waals surface area (Å²) in [5.74, 6) is -0.854. The number of phosphoric acid groups is 2. The Hall–Kier alpha value is -3.58. The molecule has 2 unspecified atom stereocenters. The Morgan fingerprint density at radius 1 is 0.927 bits per heavy atom. The van der Waals surface area contributed by atoms with Gasteiger partial charge < -0.3 is 61.8 Å². The lowest BCUT2D eigenvalue weighted by atomic mass is 10.1. The molecule has 24 nitrogen and oxygen atoms in total. The van der Waals surface area contributed by atoms with E-state index in [9.17, 15) is 48.9 Å². The zero-order chi connectivity index (χ0) is 39.9. The number of hydrogen-bond donors (Lipinski definition) is 10. The number of nitrogens with zero attached hydrogens (tertiary/aromatic N) is 5. The number of pyridine rings is 1. The van der Waals surface area contributed by atoms with E-state index in [-0.39, 0.29) is 35.0 Å². The second kappa shape index (κ2) is 18.6. The van der Waals surface area contributed by atoms with Crippen LogP contribution >= 0.6 is 15.6 Å². The number of unbranched alkanes of at least 4 members (excludes halogenated alkanes) is 3. The van der Waals surface area contributed by atoms with Gasteiger partial charge in [0.25, 0.3) is 12.1 Å². The summed E-state index contributed by atoms with van der Waals surface area (Å²) in [6.07, 6.45) is -3.46. The summed E-state index contributed by atoms with van der Waals surface area (Å²) in [6.45, 7) is -0.846. The molecule has 0 saturated carbocycles. The molecule has 0 aromatic carbocycles. The summed E-state index contributed by atoms with van der Waals surface area (Å²) in [5.41, 5.74) is 11.1. The molecule has 3 aromatic heterocycles. The molecule has 0 aliphatic carbocycles. The van der Waals surface area contributed by atoms with Crippen molar-refractivity contribution in [3.63, 3.8) is 0 Å². The van der Waals surface area contributed by atoms with Crippen molar-refractivity contribution in [1.29, 1.82) is 0 Å². The Labute approximate surface area is 312 Å². The fourth-order valence-electron chi connectivity index (χ4n) is 5.76. The third-order valence-corrected chi connectivity index (χ3v) is 11.2. The van der Waals surface area contributed by atoms with Crippen LogP contribution in [0.25, 0.3) is 11.2 Å². The predicted octanol–water partition coefficient (Wildman–Crippen LogP) is -2.55. The van der Waals surface area contributed by atoms with Crippen LogP contribution in [0.1, 0.15) is 48.5 Å². The number of nitrogens with two attached hydrogens (primary N) is 2. The number of rotatable bonds is 20. The Morgan fingerprint density at radius 3 is 2.29 bits per heavy atom. The highest BCUT2D eigenvalue weighted by atomic mass is 31.3. The van der Waals surface area contributed by atoms with Crippen molar-refractivity contribution < 1.29 is 76.3 Å². The fourth-order valence-corrected chi connectivity index (χ4v) is 7.86. The van der Waals surface area contributed by atoms with Gasteiger partial charge in [-0.05, 0) is 25.5 Å². The summed E-state index contributed by atoms with van der Waals surface area (Å²) in [4.78, 5) is 56.6. The lowest BCUT2D eigenvalue weighted by Gasteiger charge is -2.20. The molecular formula is C29H44N9O15P2+. The maximum absolute atomic E-state index is 12.6. The number of phosphoric ester groups is 2.